The molecule has 1 atom stereocenters. The standard InChI is InChI=1S/C24H28ClN7O2S/c1-14-15(2)35-24-21(14)22(17-4-6-18(25)7-5-17)28-19(23-30-29-16(3)32(23)24)12-20(33)26-8-9-31-10-11-34-27-13-31/h4-7,19,27H,8-13H2,1-3H3,(H,26,33). The Morgan fingerprint density at radius 1 is 1.26 bits per heavy atom. The van der Waals surface area contributed by atoms with E-state index in [0.29, 0.717) is 30.7 Å². The lowest BCUT2D eigenvalue weighted by molar-refractivity contribution is -0.121. The number of aliphatic imine (C=N–C) groups is 1. The van der Waals surface area contributed by atoms with Gasteiger partial charge in [0.05, 0.1) is 25.4 Å². The van der Waals surface area contributed by atoms with Crippen LogP contribution in [0.3, 0.4) is 0 Å². The van der Waals surface area contributed by atoms with Gasteiger partial charge in [-0.1, -0.05) is 23.7 Å². The number of hydroxylamine groups is 1. The average Bonchev–Trinajstić information content (AvgIpc) is 3.32. The Morgan fingerprint density at radius 2 is 2.06 bits per heavy atom. The third-order valence-electron chi connectivity index (χ3n) is 6.39. The molecule has 0 bridgehead atoms. The molecule has 5 rings (SSSR count). The Morgan fingerprint density at radius 3 is 2.80 bits per heavy atom. The number of carbonyl (C=O) groups excluding carboxylic acids is 1. The highest BCUT2D eigenvalue weighted by molar-refractivity contribution is 7.15. The van der Waals surface area contributed by atoms with Gasteiger partial charge in [-0.3, -0.25) is 24.1 Å². The second-order valence-corrected chi connectivity index (χ2v) is 10.4. The molecule has 0 spiro atoms. The number of nitrogens with one attached hydrogen (secondary N) is 2. The number of aryl methyl sites for hydroxylation is 2. The van der Waals surface area contributed by atoms with Crippen molar-refractivity contribution in [1.29, 1.82) is 0 Å². The number of halogens is 1. The van der Waals surface area contributed by atoms with Gasteiger partial charge in [0, 0.05) is 40.7 Å². The Hall–Kier alpha value is -2.63. The molecule has 184 valence electrons. The molecule has 9 nitrogen and oxygen atoms in total. The van der Waals surface area contributed by atoms with Crippen LogP contribution in [0.25, 0.3) is 5.00 Å². The fourth-order valence-corrected chi connectivity index (χ4v) is 5.73. The molecule has 1 saturated heterocycles. The maximum Gasteiger partial charge on any atom is 0.222 e. The smallest absolute Gasteiger partial charge is 0.222 e. The summed E-state index contributed by atoms with van der Waals surface area (Å²) in [6, 6.07) is 7.22. The highest BCUT2D eigenvalue weighted by Crippen LogP contribution is 2.39. The van der Waals surface area contributed by atoms with Crippen LogP contribution >= 0.6 is 22.9 Å². The molecule has 3 aromatic rings. The second kappa shape index (κ2) is 10.2. The number of rotatable bonds is 6. The van der Waals surface area contributed by atoms with Gasteiger partial charge in [-0.15, -0.1) is 21.5 Å². The van der Waals surface area contributed by atoms with Crippen LogP contribution in [-0.2, 0) is 9.63 Å². The molecule has 0 saturated carbocycles. The Kier molecular flexibility index (Phi) is 6.99. The number of nitrogens with zero attached hydrogens (tertiary/aromatic N) is 5. The first-order chi connectivity index (χ1) is 16.9. The van der Waals surface area contributed by atoms with Crippen molar-refractivity contribution in [2.75, 3.05) is 32.9 Å². The summed E-state index contributed by atoms with van der Waals surface area (Å²) in [5.74, 6) is 1.39. The number of hydrogen-bond acceptors (Lipinski definition) is 8. The highest BCUT2D eigenvalue weighted by Gasteiger charge is 2.32. The van der Waals surface area contributed by atoms with Gasteiger partial charge in [0.2, 0.25) is 5.91 Å². The summed E-state index contributed by atoms with van der Waals surface area (Å²) in [5, 5.41) is 13.6. The number of benzene rings is 1. The lowest BCUT2D eigenvalue weighted by atomic mass is 9.99. The first-order valence-electron chi connectivity index (χ1n) is 11.6. The Balaban J connectivity index is 1.46. The van der Waals surface area contributed by atoms with Gasteiger partial charge in [-0.25, -0.2) is 0 Å². The van der Waals surface area contributed by atoms with Crippen LogP contribution in [0, 0.1) is 20.8 Å². The van der Waals surface area contributed by atoms with E-state index in [2.05, 4.69) is 44.3 Å². The molecule has 4 heterocycles. The van der Waals surface area contributed by atoms with E-state index in [1.807, 2.05) is 31.2 Å². The zero-order valence-electron chi connectivity index (χ0n) is 20.0. The molecule has 1 fully saturated rings. The minimum Gasteiger partial charge on any atom is -0.355 e. The van der Waals surface area contributed by atoms with Gasteiger partial charge in [-0.2, -0.15) is 5.48 Å². The van der Waals surface area contributed by atoms with Gasteiger partial charge >= 0.3 is 0 Å². The van der Waals surface area contributed by atoms with Gasteiger partial charge in [0.15, 0.2) is 5.82 Å². The van der Waals surface area contributed by atoms with Crippen LogP contribution in [0.4, 0.5) is 0 Å². The number of hydrogen-bond donors (Lipinski definition) is 2. The second-order valence-electron chi connectivity index (χ2n) is 8.73. The van der Waals surface area contributed by atoms with E-state index in [1.165, 1.54) is 10.4 Å². The lowest BCUT2D eigenvalue weighted by Crippen LogP contribution is -2.46. The quantitative estimate of drug-likeness (QED) is 0.526. The molecular weight excluding hydrogens is 486 g/mol. The van der Waals surface area contributed by atoms with Crippen LogP contribution in [-0.4, -0.2) is 64.2 Å². The molecule has 2 N–H and O–H groups in total. The summed E-state index contributed by atoms with van der Waals surface area (Å²) >= 11 is 7.87. The minimum atomic E-state index is -0.466. The van der Waals surface area contributed by atoms with Crippen LogP contribution in [0.5, 0.6) is 0 Å². The van der Waals surface area contributed by atoms with Crippen molar-refractivity contribution in [2.45, 2.75) is 33.2 Å². The van der Waals surface area contributed by atoms with Gasteiger partial charge in [0.1, 0.15) is 16.9 Å². The van der Waals surface area contributed by atoms with E-state index < -0.39 is 6.04 Å². The minimum absolute atomic E-state index is 0.0687. The molecule has 2 aliphatic rings. The van der Waals surface area contributed by atoms with E-state index in [9.17, 15) is 4.79 Å². The first-order valence-corrected chi connectivity index (χ1v) is 12.8. The predicted octanol–water partition coefficient (Wildman–Crippen LogP) is 3.10. The molecule has 1 aromatic carbocycles. The van der Waals surface area contributed by atoms with Crippen molar-refractivity contribution < 1.29 is 9.63 Å². The van der Waals surface area contributed by atoms with Crippen LogP contribution < -0.4 is 10.8 Å². The molecule has 35 heavy (non-hydrogen) atoms. The predicted molar refractivity (Wildman–Crippen MR) is 136 cm³/mol. The molecule has 1 amide bonds. The number of amides is 1. The fraction of sp³-hybridized carbons (Fsp3) is 0.417. The Labute approximate surface area is 213 Å². The molecule has 2 aliphatic heterocycles. The molecule has 2 aromatic heterocycles. The van der Waals surface area contributed by atoms with E-state index in [4.69, 9.17) is 21.4 Å². The van der Waals surface area contributed by atoms with E-state index in [0.717, 1.165) is 40.8 Å². The summed E-state index contributed by atoms with van der Waals surface area (Å²) in [5.41, 5.74) is 6.90. The van der Waals surface area contributed by atoms with Crippen molar-refractivity contribution in [3.05, 3.63) is 62.5 Å². The molecule has 0 aliphatic carbocycles. The van der Waals surface area contributed by atoms with Crippen molar-refractivity contribution in [3.63, 3.8) is 0 Å². The zero-order valence-corrected chi connectivity index (χ0v) is 21.5. The lowest BCUT2D eigenvalue weighted by Gasteiger charge is -2.26. The number of carbonyl (C=O) groups is 1. The van der Waals surface area contributed by atoms with Gasteiger partial charge < -0.3 is 5.32 Å². The van der Waals surface area contributed by atoms with Crippen LogP contribution in [0.2, 0.25) is 5.02 Å². The maximum absolute atomic E-state index is 13.0. The maximum atomic E-state index is 13.0. The number of aromatic nitrogens is 3. The molecule has 0 radical (unpaired) electrons. The molecule has 11 heteroatoms. The largest absolute Gasteiger partial charge is 0.355 e. The summed E-state index contributed by atoms with van der Waals surface area (Å²) in [6.07, 6.45) is 0.184. The van der Waals surface area contributed by atoms with Crippen molar-refractivity contribution in [1.82, 2.24) is 30.5 Å². The van der Waals surface area contributed by atoms with Crippen molar-refractivity contribution in [3.8, 4) is 5.00 Å². The van der Waals surface area contributed by atoms with Crippen molar-refractivity contribution >= 4 is 34.6 Å². The summed E-state index contributed by atoms with van der Waals surface area (Å²) < 4.78 is 2.06. The zero-order chi connectivity index (χ0) is 24.5. The monoisotopic (exact) mass is 513 g/mol. The van der Waals surface area contributed by atoms with E-state index in [-0.39, 0.29) is 12.3 Å². The average molecular weight is 514 g/mol. The number of fused-ring (bicyclic) bond motifs is 3. The van der Waals surface area contributed by atoms with E-state index >= 15 is 0 Å². The third-order valence-corrected chi connectivity index (χ3v) is 7.83. The SMILES string of the molecule is Cc1sc2c(c1C)C(c1ccc(Cl)cc1)=NC(CC(=O)NCCN1CCONC1)c1nnc(C)n1-2. The fourth-order valence-electron chi connectivity index (χ4n) is 4.39. The Bertz CT molecular complexity index is 1260. The van der Waals surface area contributed by atoms with Crippen LogP contribution in [0.15, 0.2) is 29.3 Å². The topological polar surface area (TPSA) is 96.7 Å². The highest BCUT2D eigenvalue weighted by atomic mass is 35.5. The molecular formula is C24H28ClN7O2S. The summed E-state index contributed by atoms with van der Waals surface area (Å²) in [6.45, 7) is 9.59. The number of thiophene rings is 1. The van der Waals surface area contributed by atoms with Crippen molar-refractivity contribution in [2.24, 2.45) is 4.99 Å². The van der Waals surface area contributed by atoms with Crippen LogP contribution in [0.1, 0.15) is 45.7 Å². The van der Waals surface area contributed by atoms with E-state index in [1.54, 1.807) is 11.3 Å². The van der Waals surface area contributed by atoms with Gasteiger partial charge in [0.25, 0.3) is 0 Å². The first kappa shape index (κ1) is 24.1. The van der Waals surface area contributed by atoms with Gasteiger partial charge in [-0.05, 0) is 38.5 Å². The normalized spacial score (nSPS) is 17.9. The summed E-state index contributed by atoms with van der Waals surface area (Å²) in [4.78, 5) is 26.7. The summed E-state index contributed by atoms with van der Waals surface area (Å²) in [7, 11) is 0. The molecule has 1 unspecified atom stereocenters. The third kappa shape index (κ3) is 4.89.